The second-order valence-corrected chi connectivity index (χ2v) is 5.45. The van der Waals surface area contributed by atoms with E-state index in [0.29, 0.717) is 5.69 Å². The third kappa shape index (κ3) is 2.86. The number of aromatic nitrogens is 2. The van der Waals surface area contributed by atoms with Crippen LogP contribution in [0.1, 0.15) is 41.3 Å². The molecule has 0 aliphatic heterocycles. The molecule has 1 N–H and O–H groups in total. The second kappa shape index (κ2) is 6.00. The van der Waals surface area contributed by atoms with Gasteiger partial charge in [-0.15, -0.1) is 11.3 Å². The highest BCUT2D eigenvalue weighted by molar-refractivity contribution is 7.09. The minimum Gasteiger partial charge on any atom is -0.340 e. The van der Waals surface area contributed by atoms with E-state index in [1.165, 1.54) is 5.56 Å². The lowest BCUT2D eigenvalue weighted by atomic mass is 10.2. The Morgan fingerprint density at radius 2 is 2.37 bits per heavy atom. The second-order valence-electron chi connectivity index (χ2n) is 4.52. The van der Waals surface area contributed by atoms with Gasteiger partial charge in [-0.2, -0.15) is 5.26 Å². The summed E-state index contributed by atoms with van der Waals surface area (Å²) in [6.07, 6.45) is 2.84. The van der Waals surface area contributed by atoms with Gasteiger partial charge in [0.2, 0.25) is 0 Å². The molecule has 5 heteroatoms. The summed E-state index contributed by atoms with van der Waals surface area (Å²) in [4.78, 5) is 4.36. The van der Waals surface area contributed by atoms with Gasteiger partial charge in [-0.25, -0.2) is 4.98 Å². The molecule has 0 saturated heterocycles. The summed E-state index contributed by atoms with van der Waals surface area (Å²) in [5.41, 5.74) is 3.02. The Morgan fingerprint density at radius 1 is 1.58 bits per heavy atom. The van der Waals surface area contributed by atoms with Gasteiger partial charge < -0.3 is 9.88 Å². The maximum Gasteiger partial charge on any atom is 0.120 e. The maximum absolute atomic E-state index is 9.03. The zero-order valence-electron chi connectivity index (χ0n) is 11.5. The summed E-state index contributed by atoms with van der Waals surface area (Å²) < 4.78 is 1.93. The Balaban J connectivity index is 2.08. The Labute approximate surface area is 117 Å². The monoisotopic (exact) mass is 274 g/mol. The molecule has 0 bridgehead atoms. The molecule has 0 radical (unpaired) electrons. The highest BCUT2D eigenvalue weighted by Crippen LogP contribution is 2.20. The number of rotatable bonds is 5. The molecular formula is C14H18N4S. The molecule has 0 aliphatic rings. The van der Waals surface area contributed by atoms with E-state index >= 15 is 0 Å². The standard InChI is InChI=1S/C14H18N4S/c1-4-13(14-16-5-6-19-14)17-9-11-7-12(8-15)18(3)10(11)2/h5-7,13,17H,4,9H2,1-3H3. The van der Waals surface area contributed by atoms with Crippen LogP contribution in [0.4, 0.5) is 0 Å². The van der Waals surface area contributed by atoms with E-state index in [9.17, 15) is 0 Å². The molecule has 100 valence electrons. The lowest BCUT2D eigenvalue weighted by Gasteiger charge is -2.14. The van der Waals surface area contributed by atoms with Crippen LogP contribution in [-0.4, -0.2) is 9.55 Å². The number of hydrogen-bond acceptors (Lipinski definition) is 4. The largest absolute Gasteiger partial charge is 0.340 e. The van der Waals surface area contributed by atoms with E-state index in [0.717, 1.165) is 23.7 Å². The van der Waals surface area contributed by atoms with E-state index in [4.69, 9.17) is 5.26 Å². The molecule has 1 unspecified atom stereocenters. The van der Waals surface area contributed by atoms with Crippen LogP contribution in [0.15, 0.2) is 17.6 Å². The first-order chi connectivity index (χ1) is 9.17. The van der Waals surface area contributed by atoms with Crippen LogP contribution in [0.25, 0.3) is 0 Å². The van der Waals surface area contributed by atoms with Gasteiger partial charge in [0, 0.05) is 30.9 Å². The van der Waals surface area contributed by atoms with Gasteiger partial charge in [0.05, 0.1) is 6.04 Å². The fourth-order valence-electron chi connectivity index (χ4n) is 2.09. The number of thiazole rings is 1. The van der Waals surface area contributed by atoms with Gasteiger partial charge in [0.15, 0.2) is 0 Å². The predicted molar refractivity (Wildman–Crippen MR) is 76.9 cm³/mol. The molecule has 0 aromatic carbocycles. The Bertz CT molecular complexity index is 577. The molecule has 2 aromatic rings. The number of nitrogens with one attached hydrogen (secondary N) is 1. The number of hydrogen-bond donors (Lipinski definition) is 1. The zero-order chi connectivity index (χ0) is 13.8. The van der Waals surface area contributed by atoms with Crippen molar-refractivity contribution in [1.29, 1.82) is 5.26 Å². The average molecular weight is 274 g/mol. The van der Waals surface area contributed by atoms with Gasteiger partial charge in [0.25, 0.3) is 0 Å². The van der Waals surface area contributed by atoms with E-state index < -0.39 is 0 Å². The maximum atomic E-state index is 9.03. The van der Waals surface area contributed by atoms with Crippen LogP contribution in [0.3, 0.4) is 0 Å². The molecule has 1 atom stereocenters. The van der Waals surface area contributed by atoms with Crippen molar-refractivity contribution in [3.05, 3.63) is 39.6 Å². The summed E-state index contributed by atoms with van der Waals surface area (Å²) in [5.74, 6) is 0. The van der Waals surface area contributed by atoms with Crippen LogP contribution in [0.5, 0.6) is 0 Å². The highest BCUT2D eigenvalue weighted by Gasteiger charge is 2.13. The van der Waals surface area contributed by atoms with Crippen LogP contribution < -0.4 is 5.32 Å². The molecule has 2 rings (SSSR count). The van der Waals surface area contributed by atoms with Crippen molar-refractivity contribution in [1.82, 2.24) is 14.9 Å². The quantitative estimate of drug-likeness (QED) is 0.912. The molecule has 0 amide bonds. The fourth-order valence-corrected chi connectivity index (χ4v) is 2.89. The Hall–Kier alpha value is -1.64. The van der Waals surface area contributed by atoms with Crippen molar-refractivity contribution in [3.63, 3.8) is 0 Å². The van der Waals surface area contributed by atoms with Crippen LogP contribution >= 0.6 is 11.3 Å². The smallest absolute Gasteiger partial charge is 0.120 e. The van der Waals surface area contributed by atoms with Crippen LogP contribution in [0, 0.1) is 18.3 Å². The van der Waals surface area contributed by atoms with Crippen molar-refractivity contribution in [2.24, 2.45) is 7.05 Å². The van der Waals surface area contributed by atoms with E-state index in [1.807, 2.05) is 36.2 Å². The summed E-state index contributed by atoms with van der Waals surface area (Å²) >= 11 is 1.68. The van der Waals surface area contributed by atoms with Gasteiger partial charge >= 0.3 is 0 Å². The lowest BCUT2D eigenvalue weighted by Crippen LogP contribution is -2.20. The molecular weight excluding hydrogens is 256 g/mol. The van der Waals surface area contributed by atoms with E-state index in [-0.39, 0.29) is 6.04 Å². The third-order valence-corrected chi connectivity index (χ3v) is 4.34. The predicted octanol–water partition coefficient (Wildman–Crippen LogP) is 2.90. The van der Waals surface area contributed by atoms with Crippen molar-refractivity contribution >= 4 is 11.3 Å². The van der Waals surface area contributed by atoms with Crippen molar-refractivity contribution in [2.45, 2.75) is 32.9 Å². The van der Waals surface area contributed by atoms with Gasteiger partial charge in [0.1, 0.15) is 16.8 Å². The van der Waals surface area contributed by atoms with Gasteiger partial charge in [-0.05, 0) is 25.0 Å². The summed E-state index contributed by atoms with van der Waals surface area (Å²) in [5, 5.41) is 15.7. The molecule has 0 spiro atoms. The fraction of sp³-hybridized carbons (Fsp3) is 0.429. The van der Waals surface area contributed by atoms with Crippen LogP contribution in [-0.2, 0) is 13.6 Å². The molecule has 0 aliphatic carbocycles. The normalized spacial score (nSPS) is 12.3. The number of nitriles is 1. The first-order valence-electron chi connectivity index (χ1n) is 6.35. The van der Waals surface area contributed by atoms with Gasteiger partial charge in [-0.1, -0.05) is 6.92 Å². The highest BCUT2D eigenvalue weighted by atomic mass is 32.1. The molecule has 0 fully saturated rings. The topological polar surface area (TPSA) is 53.6 Å². The SMILES string of the molecule is CCC(NCc1cc(C#N)n(C)c1C)c1nccs1. The lowest BCUT2D eigenvalue weighted by molar-refractivity contribution is 0.515. The van der Waals surface area contributed by atoms with E-state index in [1.54, 1.807) is 11.3 Å². The summed E-state index contributed by atoms with van der Waals surface area (Å²) in [6, 6.07) is 4.45. The van der Waals surface area contributed by atoms with Crippen LogP contribution in [0.2, 0.25) is 0 Å². The zero-order valence-corrected chi connectivity index (χ0v) is 12.3. The third-order valence-electron chi connectivity index (χ3n) is 3.45. The minimum atomic E-state index is 0.283. The Kier molecular flexibility index (Phi) is 4.35. The average Bonchev–Trinajstić information content (AvgIpc) is 3.03. The summed E-state index contributed by atoms with van der Waals surface area (Å²) in [6.45, 7) is 4.96. The van der Waals surface area contributed by atoms with Crippen molar-refractivity contribution in [2.75, 3.05) is 0 Å². The van der Waals surface area contributed by atoms with E-state index in [2.05, 4.69) is 23.3 Å². The molecule has 2 heterocycles. The minimum absolute atomic E-state index is 0.283. The number of nitrogens with zero attached hydrogens (tertiary/aromatic N) is 3. The molecule has 2 aromatic heterocycles. The first kappa shape index (κ1) is 13.8. The Morgan fingerprint density at radius 3 is 2.89 bits per heavy atom. The van der Waals surface area contributed by atoms with Crippen molar-refractivity contribution in [3.8, 4) is 6.07 Å². The molecule has 4 nitrogen and oxygen atoms in total. The summed E-state index contributed by atoms with van der Waals surface area (Å²) in [7, 11) is 1.93. The van der Waals surface area contributed by atoms with Gasteiger partial charge in [-0.3, -0.25) is 0 Å². The van der Waals surface area contributed by atoms with Crippen molar-refractivity contribution < 1.29 is 0 Å². The first-order valence-corrected chi connectivity index (χ1v) is 7.23. The molecule has 19 heavy (non-hydrogen) atoms. The molecule has 0 saturated carbocycles.